The smallest absolute Gasteiger partial charge is 0.332 e. The van der Waals surface area contributed by atoms with Gasteiger partial charge in [-0.2, -0.15) is 0 Å². The molecule has 0 aromatic carbocycles. The number of carbonyl (C=O) groups is 3. The maximum absolute atomic E-state index is 12.0. The molecule has 0 aromatic heterocycles. The Morgan fingerprint density at radius 1 is 1.20 bits per heavy atom. The number of nitrogens with one attached hydrogen (secondary N) is 1. The molecule has 3 aliphatic rings. The lowest BCUT2D eigenvalue weighted by molar-refractivity contribution is -0.151. The average Bonchev–Trinajstić information content (AvgIpc) is 2.98. The van der Waals surface area contributed by atoms with Crippen molar-refractivity contribution in [3.8, 4) is 0 Å². The number of carboxylic acids is 1. The van der Waals surface area contributed by atoms with Gasteiger partial charge in [-0.1, -0.05) is 0 Å². The summed E-state index contributed by atoms with van der Waals surface area (Å²) in [5.41, 5.74) is 0. The zero-order valence-corrected chi connectivity index (χ0v) is 11.1. The van der Waals surface area contributed by atoms with Crippen LogP contribution < -0.4 is 5.32 Å². The van der Waals surface area contributed by atoms with Gasteiger partial charge in [-0.25, -0.2) is 4.79 Å². The zero-order valence-electron chi connectivity index (χ0n) is 11.1. The van der Waals surface area contributed by atoms with Crippen LogP contribution in [0.5, 0.6) is 0 Å². The zero-order chi connectivity index (χ0) is 14.3. The van der Waals surface area contributed by atoms with Crippen molar-refractivity contribution in [1.82, 2.24) is 10.2 Å². The van der Waals surface area contributed by atoms with Gasteiger partial charge in [0.25, 0.3) is 0 Å². The molecule has 2 heterocycles. The Morgan fingerprint density at radius 2 is 1.90 bits per heavy atom. The number of rotatable bonds is 4. The maximum atomic E-state index is 12.0. The van der Waals surface area contributed by atoms with E-state index in [2.05, 4.69) is 5.32 Å². The summed E-state index contributed by atoms with van der Waals surface area (Å²) in [5, 5.41) is 11.6. The van der Waals surface area contributed by atoms with Crippen LogP contribution in [0.4, 0.5) is 0 Å². The second kappa shape index (κ2) is 5.05. The third-order valence-corrected chi connectivity index (χ3v) is 4.08. The first-order chi connectivity index (χ1) is 9.54. The van der Waals surface area contributed by atoms with E-state index in [1.54, 1.807) is 0 Å². The van der Waals surface area contributed by atoms with Crippen LogP contribution in [0.25, 0.3) is 0 Å². The molecule has 0 aromatic rings. The van der Waals surface area contributed by atoms with Crippen LogP contribution in [-0.2, 0) is 19.1 Å². The van der Waals surface area contributed by atoms with E-state index in [9.17, 15) is 14.4 Å². The van der Waals surface area contributed by atoms with Gasteiger partial charge < -0.3 is 20.1 Å². The van der Waals surface area contributed by atoms with Gasteiger partial charge in [-0.15, -0.1) is 0 Å². The van der Waals surface area contributed by atoms with Gasteiger partial charge in [0.15, 0.2) is 6.10 Å². The molecule has 1 saturated carbocycles. The Kier molecular flexibility index (Phi) is 3.37. The van der Waals surface area contributed by atoms with E-state index in [4.69, 9.17) is 9.84 Å². The summed E-state index contributed by atoms with van der Waals surface area (Å²) >= 11 is 0. The molecule has 2 amide bonds. The van der Waals surface area contributed by atoms with Crippen LogP contribution in [0.3, 0.4) is 0 Å². The third-order valence-electron chi connectivity index (χ3n) is 4.08. The standard InChI is InChI=1S/C13H18N2O5/c16-11-5-7(6-15(11)8-1-2-8)14-12(17)9-3-4-10(20-9)13(18)19/h7-10H,1-6H2,(H,14,17)(H,18,19)/t7-,9-,10+/m0/s1. The molecule has 0 spiro atoms. The number of likely N-dealkylation sites (tertiary alicyclic amines) is 1. The second-order valence-electron chi connectivity index (χ2n) is 5.72. The van der Waals surface area contributed by atoms with Gasteiger partial charge in [0, 0.05) is 19.0 Å². The van der Waals surface area contributed by atoms with E-state index >= 15 is 0 Å². The summed E-state index contributed by atoms with van der Waals surface area (Å²) in [4.78, 5) is 36.4. The molecule has 0 radical (unpaired) electrons. The summed E-state index contributed by atoms with van der Waals surface area (Å²) < 4.78 is 5.20. The molecule has 2 aliphatic heterocycles. The molecule has 3 atom stereocenters. The van der Waals surface area contributed by atoms with Crippen molar-refractivity contribution in [2.75, 3.05) is 6.54 Å². The number of aliphatic carboxylic acids is 1. The van der Waals surface area contributed by atoms with E-state index < -0.39 is 18.2 Å². The van der Waals surface area contributed by atoms with Gasteiger partial charge in [0.2, 0.25) is 11.8 Å². The van der Waals surface area contributed by atoms with Crippen molar-refractivity contribution < 1.29 is 24.2 Å². The lowest BCUT2D eigenvalue weighted by atomic mass is 10.1. The van der Waals surface area contributed by atoms with E-state index in [-0.39, 0.29) is 17.9 Å². The molecular formula is C13H18N2O5. The highest BCUT2D eigenvalue weighted by Gasteiger charge is 2.41. The second-order valence-corrected chi connectivity index (χ2v) is 5.72. The summed E-state index contributed by atoms with van der Waals surface area (Å²) in [7, 11) is 0. The summed E-state index contributed by atoms with van der Waals surface area (Å²) in [6.07, 6.45) is 1.61. The van der Waals surface area contributed by atoms with Crippen LogP contribution in [0.1, 0.15) is 32.1 Å². The van der Waals surface area contributed by atoms with Crippen LogP contribution in [-0.4, -0.2) is 58.6 Å². The van der Waals surface area contributed by atoms with E-state index in [0.717, 1.165) is 12.8 Å². The minimum atomic E-state index is -1.03. The Morgan fingerprint density at radius 3 is 2.50 bits per heavy atom. The van der Waals surface area contributed by atoms with Crippen LogP contribution in [0.2, 0.25) is 0 Å². The predicted octanol–water partition coefficient (Wildman–Crippen LogP) is -0.502. The maximum Gasteiger partial charge on any atom is 0.332 e. The predicted molar refractivity (Wildman–Crippen MR) is 66.8 cm³/mol. The minimum absolute atomic E-state index is 0.0913. The highest BCUT2D eigenvalue weighted by molar-refractivity contribution is 5.85. The van der Waals surface area contributed by atoms with Gasteiger partial charge in [-0.05, 0) is 25.7 Å². The fraction of sp³-hybridized carbons (Fsp3) is 0.769. The number of hydrogen-bond acceptors (Lipinski definition) is 4. The number of carbonyl (C=O) groups excluding carboxylic acids is 2. The van der Waals surface area contributed by atoms with Crippen molar-refractivity contribution >= 4 is 17.8 Å². The van der Waals surface area contributed by atoms with Gasteiger partial charge in [0.1, 0.15) is 6.10 Å². The average molecular weight is 282 g/mol. The topological polar surface area (TPSA) is 95.9 Å². The molecule has 1 aliphatic carbocycles. The van der Waals surface area contributed by atoms with Crippen LogP contribution in [0.15, 0.2) is 0 Å². The molecule has 2 N–H and O–H groups in total. The highest BCUT2D eigenvalue weighted by Crippen LogP contribution is 2.30. The highest BCUT2D eigenvalue weighted by atomic mass is 16.5. The Hall–Kier alpha value is -1.63. The number of carboxylic acid groups (broad SMARTS) is 1. The van der Waals surface area contributed by atoms with Crippen molar-refractivity contribution in [3.63, 3.8) is 0 Å². The van der Waals surface area contributed by atoms with Crippen molar-refractivity contribution in [1.29, 1.82) is 0 Å². The summed E-state index contributed by atoms with van der Waals surface area (Å²) in [6, 6.07) is 0.187. The number of nitrogens with zero attached hydrogens (tertiary/aromatic N) is 1. The molecule has 3 fully saturated rings. The monoisotopic (exact) mass is 282 g/mol. The Balaban J connectivity index is 1.50. The molecule has 20 heavy (non-hydrogen) atoms. The molecular weight excluding hydrogens is 264 g/mol. The van der Waals surface area contributed by atoms with Gasteiger partial charge in [0.05, 0.1) is 6.04 Å². The van der Waals surface area contributed by atoms with Crippen LogP contribution >= 0.6 is 0 Å². The summed E-state index contributed by atoms with van der Waals surface area (Å²) in [6.45, 7) is 0.560. The quantitative estimate of drug-likeness (QED) is 0.724. The van der Waals surface area contributed by atoms with Crippen LogP contribution in [0, 0.1) is 0 Å². The normalized spacial score (nSPS) is 33.5. The minimum Gasteiger partial charge on any atom is -0.479 e. The van der Waals surface area contributed by atoms with Gasteiger partial charge >= 0.3 is 5.97 Å². The van der Waals surface area contributed by atoms with E-state index in [0.29, 0.717) is 31.8 Å². The molecule has 0 bridgehead atoms. The third kappa shape index (κ3) is 2.63. The first-order valence-corrected chi connectivity index (χ1v) is 7.02. The van der Waals surface area contributed by atoms with Gasteiger partial charge in [-0.3, -0.25) is 9.59 Å². The molecule has 0 unspecified atom stereocenters. The molecule has 7 heteroatoms. The molecule has 3 rings (SSSR count). The Labute approximate surface area is 116 Å². The first-order valence-electron chi connectivity index (χ1n) is 7.02. The molecule has 2 saturated heterocycles. The lowest BCUT2D eigenvalue weighted by Gasteiger charge is -2.18. The summed E-state index contributed by atoms with van der Waals surface area (Å²) in [5.74, 6) is -1.24. The number of hydrogen-bond donors (Lipinski definition) is 2. The number of amides is 2. The SMILES string of the molecule is O=C(N[C@H]1CC(=O)N(C2CC2)C1)[C@@H]1CC[C@H](C(=O)O)O1. The molecule has 110 valence electrons. The van der Waals surface area contributed by atoms with E-state index in [1.807, 2.05) is 4.90 Å². The van der Waals surface area contributed by atoms with Crippen molar-refractivity contribution in [2.45, 2.75) is 56.4 Å². The Bertz CT molecular complexity index is 448. The largest absolute Gasteiger partial charge is 0.479 e. The fourth-order valence-electron chi connectivity index (χ4n) is 2.87. The van der Waals surface area contributed by atoms with E-state index in [1.165, 1.54) is 0 Å². The number of ether oxygens (including phenoxy) is 1. The lowest BCUT2D eigenvalue weighted by Crippen LogP contribution is -2.43. The van der Waals surface area contributed by atoms with Crippen molar-refractivity contribution in [3.05, 3.63) is 0 Å². The first kappa shape index (κ1) is 13.4. The van der Waals surface area contributed by atoms with Crippen molar-refractivity contribution in [2.24, 2.45) is 0 Å². The molecule has 7 nitrogen and oxygen atoms in total. The fourth-order valence-corrected chi connectivity index (χ4v) is 2.87.